The van der Waals surface area contributed by atoms with Crippen molar-refractivity contribution in [2.75, 3.05) is 50.8 Å². The second-order valence-corrected chi connectivity index (χ2v) is 7.50. The van der Waals surface area contributed by atoms with Gasteiger partial charge in [-0.15, -0.1) is 0 Å². The summed E-state index contributed by atoms with van der Waals surface area (Å²) in [6.07, 6.45) is 1.23. The van der Waals surface area contributed by atoms with Crippen LogP contribution in [0.3, 0.4) is 0 Å². The van der Waals surface area contributed by atoms with Crippen LogP contribution in [-0.4, -0.2) is 80.8 Å². The zero-order valence-electron chi connectivity index (χ0n) is 11.5. The lowest BCUT2D eigenvalue weighted by Crippen LogP contribution is -2.47. The number of nitrogens with zero attached hydrogens (tertiary/aromatic N) is 2. The fraction of sp³-hybridized carbons (Fsp3) is 0.833. The normalized spacial score (nSPS) is 23.8. The predicted octanol–water partition coefficient (Wildman–Crippen LogP) is -1.54. The van der Waals surface area contributed by atoms with Gasteiger partial charge >= 0.3 is 11.8 Å². The number of rotatable bonds is 0. The van der Waals surface area contributed by atoms with Crippen LogP contribution in [0.2, 0.25) is 0 Å². The summed E-state index contributed by atoms with van der Waals surface area (Å²) in [5, 5.41) is 3.17. The van der Waals surface area contributed by atoms with Gasteiger partial charge in [-0.25, -0.2) is 8.42 Å². The summed E-state index contributed by atoms with van der Waals surface area (Å²) in [5.74, 6) is -1.02. The van der Waals surface area contributed by atoms with Gasteiger partial charge in [-0.1, -0.05) is 0 Å². The first-order chi connectivity index (χ1) is 9.49. The molecule has 0 unspecified atom stereocenters. The van der Waals surface area contributed by atoms with Crippen molar-refractivity contribution in [2.24, 2.45) is 0 Å². The van der Waals surface area contributed by atoms with Crippen molar-refractivity contribution in [1.29, 1.82) is 0 Å². The van der Waals surface area contributed by atoms with Crippen molar-refractivity contribution in [3.05, 3.63) is 0 Å². The van der Waals surface area contributed by atoms with E-state index in [0.717, 1.165) is 13.0 Å². The van der Waals surface area contributed by atoms with E-state index in [-0.39, 0.29) is 18.1 Å². The van der Waals surface area contributed by atoms with Crippen LogP contribution < -0.4 is 5.32 Å². The van der Waals surface area contributed by atoms with Gasteiger partial charge in [0.25, 0.3) is 0 Å². The maximum absolute atomic E-state index is 12.2. The molecule has 2 heterocycles. The minimum Gasteiger partial charge on any atom is -0.333 e. The van der Waals surface area contributed by atoms with Gasteiger partial charge in [-0.3, -0.25) is 9.59 Å². The maximum atomic E-state index is 12.2. The largest absolute Gasteiger partial charge is 0.333 e. The highest BCUT2D eigenvalue weighted by Crippen LogP contribution is 2.07. The van der Waals surface area contributed by atoms with E-state index in [2.05, 4.69) is 5.32 Å². The number of carbonyl (C=O) groups excluding carboxylic acids is 2. The number of sulfone groups is 1. The Balaban J connectivity index is 1.97. The van der Waals surface area contributed by atoms with Crippen LogP contribution in [-0.2, 0) is 19.4 Å². The average Bonchev–Trinajstić information content (AvgIpc) is 2.77. The van der Waals surface area contributed by atoms with Gasteiger partial charge in [0, 0.05) is 32.7 Å². The molecular weight excluding hydrogens is 282 g/mol. The summed E-state index contributed by atoms with van der Waals surface area (Å²) in [6, 6.07) is 0. The number of hydrogen-bond acceptors (Lipinski definition) is 5. The van der Waals surface area contributed by atoms with E-state index in [1.165, 1.54) is 4.90 Å². The van der Waals surface area contributed by atoms with Gasteiger partial charge < -0.3 is 15.1 Å². The van der Waals surface area contributed by atoms with E-state index in [9.17, 15) is 18.0 Å². The molecule has 1 N–H and O–H groups in total. The first-order valence-electron chi connectivity index (χ1n) is 6.99. The van der Waals surface area contributed by atoms with Crippen LogP contribution >= 0.6 is 0 Å². The molecule has 0 aromatic heterocycles. The van der Waals surface area contributed by atoms with Crippen molar-refractivity contribution in [3.63, 3.8) is 0 Å². The Labute approximate surface area is 119 Å². The van der Waals surface area contributed by atoms with Crippen LogP contribution in [0.25, 0.3) is 0 Å². The molecule has 0 atom stereocenters. The zero-order valence-corrected chi connectivity index (χ0v) is 12.3. The number of nitrogens with one attached hydrogen (secondary N) is 1. The van der Waals surface area contributed by atoms with E-state index in [1.54, 1.807) is 4.90 Å². The molecule has 20 heavy (non-hydrogen) atoms. The molecule has 2 aliphatic rings. The predicted molar refractivity (Wildman–Crippen MR) is 73.9 cm³/mol. The minimum atomic E-state index is -3.07. The van der Waals surface area contributed by atoms with Gasteiger partial charge in [-0.05, 0) is 19.4 Å². The molecule has 2 saturated heterocycles. The summed E-state index contributed by atoms with van der Waals surface area (Å²) in [6.45, 7) is 3.10. The van der Waals surface area contributed by atoms with Crippen LogP contribution in [0.15, 0.2) is 0 Å². The fourth-order valence-electron chi connectivity index (χ4n) is 2.46. The molecule has 2 aliphatic heterocycles. The first kappa shape index (κ1) is 15.2. The molecule has 2 fully saturated rings. The van der Waals surface area contributed by atoms with Gasteiger partial charge in [-0.2, -0.15) is 0 Å². The second kappa shape index (κ2) is 6.53. The van der Waals surface area contributed by atoms with Crippen LogP contribution in [0.5, 0.6) is 0 Å². The molecule has 7 nitrogen and oxygen atoms in total. The number of amides is 2. The van der Waals surface area contributed by atoms with E-state index >= 15 is 0 Å². The fourth-order valence-corrected chi connectivity index (χ4v) is 3.73. The Bertz CT molecular complexity index is 469. The molecule has 0 spiro atoms. The van der Waals surface area contributed by atoms with Crippen molar-refractivity contribution >= 4 is 21.7 Å². The summed E-state index contributed by atoms with van der Waals surface area (Å²) in [7, 11) is -3.07. The monoisotopic (exact) mass is 303 g/mol. The van der Waals surface area contributed by atoms with Gasteiger partial charge in [0.15, 0.2) is 9.84 Å². The lowest BCUT2D eigenvalue weighted by molar-refractivity contribution is -0.151. The molecule has 114 valence electrons. The summed E-state index contributed by atoms with van der Waals surface area (Å²) < 4.78 is 23.0. The molecule has 8 heteroatoms. The Morgan fingerprint density at radius 2 is 1.45 bits per heavy atom. The van der Waals surface area contributed by atoms with Crippen LogP contribution in [0.4, 0.5) is 0 Å². The Morgan fingerprint density at radius 1 is 0.800 bits per heavy atom. The summed E-state index contributed by atoms with van der Waals surface area (Å²) in [4.78, 5) is 27.3. The molecule has 2 amide bonds. The third-order valence-corrected chi connectivity index (χ3v) is 5.37. The SMILES string of the molecule is O=C(C(=O)N1CCCS(=O)(=O)CC1)N1CCCNCC1. The number of hydrogen-bond donors (Lipinski definition) is 1. The quantitative estimate of drug-likeness (QED) is 0.548. The highest BCUT2D eigenvalue weighted by Gasteiger charge is 2.29. The maximum Gasteiger partial charge on any atom is 0.312 e. The molecule has 0 aromatic rings. The molecule has 0 aliphatic carbocycles. The smallest absolute Gasteiger partial charge is 0.312 e. The second-order valence-electron chi connectivity index (χ2n) is 5.19. The zero-order chi connectivity index (χ0) is 14.6. The third kappa shape index (κ3) is 3.92. The Kier molecular flexibility index (Phi) is 4.98. The van der Waals surface area contributed by atoms with E-state index in [1.807, 2.05) is 0 Å². The molecule has 0 radical (unpaired) electrons. The van der Waals surface area contributed by atoms with Crippen molar-refractivity contribution in [2.45, 2.75) is 12.8 Å². The van der Waals surface area contributed by atoms with Crippen LogP contribution in [0, 0.1) is 0 Å². The van der Waals surface area contributed by atoms with Crippen molar-refractivity contribution < 1.29 is 18.0 Å². The lowest BCUT2D eigenvalue weighted by Gasteiger charge is -2.24. The Hall–Kier alpha value is -1.15. The van der Waals surface area contributed by atoms with Gasteiger partial charge in [0.2, 0.25) is 0 Å². The van der Waals surface area contributed by atoms with E-state index in [0.29, 0.717) is 32.6 Å². The van der Waals surface area contributed by atoms with Crippen molar-refractivity contribution in [1.82, 2.24) is 15.1 Å². The molecule has 0 saturated carbocycles. The molecule has 2 rings (SSSR count). The summed E-state index contributed by atoms with van der Waals surface area (Å²) >= 11 is 0. The molecular formula is C12H21N3O4S. The van der Waals surface area contributed by atoms with E-state index < -0.39 is 21.7 Å². The highest BCUT2D eigenvalue weighted by molar-refractivity contribution is 7.91. The van der Waals surface area contributed by atoms with Crippen LogP contribution in [0.1, 0.15) is 12.8 Å². The third-order valence-electron chi connectivity index (χ3n) is 3.65. The van der Waals surface area contributed by atoms with E-state index in [4.69, 9.17) is 0 Å². The average molecular weight is 303 g/mol. The number of carbonyl (C=O) groups is 2. The first-order valence-corrected chi connectivity index (χ1v) is 8.81. The Morgan fingerprint density at radius 3 is 2.20 bits per heavy atom. The molecule has 0 bridgehead atoms. The minimum absolute atomic E-state index is 0.0480. The highest BCUT2D eigenvalue weighted by atomic mass is 32.2. The topological polar surface area (TPSA) is 86.8 Å². The van der Waals surface area contributed by atoms with Crippen molar-refractivity contribution in [3.8, 4) is 0 Å². The van der Waals surface area contributed by atoms with Gasteiger partial charge in [0.1, 0.15) is 0 Å². The summed E-state index contributed by atoms with van der Waals surface area (Å²) in [5.41, 5.74) is 0. The lowest BCUT2D eigenvalue weighted by atomic mass is 10.3. The standard InChI is InChI=1S/C12H21N3O4S/c16-11(14-5-1-3-13-4-7-14)12(17)15-6-2-9-20(18,19)10-8-15/h13H,1-10H2. The van der Waals surface area contributed by atoms with Gasteiger partial charge in [0.05, 0.1) is 11.5 Å². The molecule has 0 aromatic carbocycles.